The van der Waals surface area contributed by atoms with Crippen LogP contribution in [-0.2, 0) is 0 Å². The minimum Gasteiger partial charge on any atom is -0.195 e. The van der Waals surface area contributed by atoms with Crippen molar-refractivity contribution in [3.05, 3.63) is 33.4 Å². The summed E-state index contributed by atoms with van der Waals surface area (Å²) in [5, 5.41) is 0.0586. The molecule has 0 unspecified atom stereocenters. The highest BCUT2D eigenvalue weighted by atomic mass is 35.5. The molecule has 0 fully saturated rings. The third-order valence-electron chi connectivity index (χ3n) is 0.783. The molecule has 0 aromatic rings. The smallest absolute Gasteiger partial charge is 0.193 e. The van der Waals surface area contributed by atoms with Crippen molar-refractivity contribution in [2.45, 2.75) is 0 Å². The number of rotatable bonds is 0. The molecule has 0 amide bonds. The van der Waals surface area contributed by atoms with Crippen LogP contribution >= 0.6 is 23.2 Å². The third kappa shape index (κ3) is 1.27. The molecule has 0 nitrogen and oxygen atoms in total. The zero-order chi connectivity index (χ0) is 6.85. The molecule has 3 heteroatoms. The van der Waals surface area contributed by atoms with Crippen molar-refractivity contribution in [3.63, 3.8) is 0 Å². The zero-order valence-electron chi connectivity index (χ0n) is 4.21. The Balaban J connectivity index is 3.22. The van der Waals surface area contributed by atoms with Crippen molar-refractivity contribution in [3.8, 4) is 0 Å². The van der Waals surface area contributed by atoms with Crippen molar-refractivity contribution in [2.24, 2.45) is 0 Å². The summed E-state index contributed by atoms with van der Waals surface area (Å²) >= 11 is 10.7. The van der Waals surface area contributed by atoms with Gasteiger partial charge in [0.25, 0.3) is 0 Å². The predicted molar refractivity (Wildman–Crippen MR) is 34.9 cm³/mol. The van der Waals surface area contributed by atoms with Crippen molar-refractivity contribution < 1.29 is 4.39 Å². The summed E-state index contributed by atoms with van der Waals surface area (Å²) in [6.07, 6.45) is 1.35. The van der Waals surface area contributed by atoms with Crippen molar-refractivity contribution in [1.82, 2.24) is 0 Å². The van der Waals surface area contributed by atoms with E-state index in [1.165, 1.54) is 6.08 Å². The van der Waals surface area contributed by atoms with E-state index in [0.29, 0.717) is 0 Å². The Labute approximate surface area is 61.6 Å². The van der Waals surface area contributed by atoms with E-state index < -0.39 is 5.83 Å². The number of halogens is 3. The predicted octanol–water partition coefficient (Wildman–Crippen LogP) is 2.85. The first-order valence-corrected chi connectivity index (χ1v) is 2.90. The standard InChI is InChI=1S/C6HCl2F/c7-4-2-1-3-5(9)6(4)8/h2H. The van der Waals surface area contributed by atoms with E-state index in [9.17, 15) is 4.39 Å². The van der Waals surface area contributed by atoms with E-state index in [2.05, 4.69) is 11.5 Å². The molecule has 0 atom stereocenters. The van der Waals surface area contributed by atoms with Gasteiger partial charge in [-0.3, -0.25) is 0 Å². The summed E-state index contributed by atoms with van der Waals surface area (Å²) in [4.78, 5) is 0. The highest BCUT2D eigenvalue weighted by molar-refractivity contribution is 6.41. The minimum absolute atomic E-state index is 0.101. The van der Waals surface area contributed by atoms with Crippen LogP contribution in [0.25, 0.3) is 0 Å². The third-order valence-corrected chi connectivity index (χ3v) is 1.55. The summed E-state index contributed by atoms with van der Waals surface area (Å²) in [5.41, 5.74) is 4.49. The molecular weight excluding hydrogens is 162 g/mol. The quantitative estimate of drug-likeness (QED) is 0.481. The molecule has 0 saturated heterocycles. The van der Waals surface area contributed by atoms with E-state index in [-0.39, 0.29) is 10.1 Å². The van der Waals surface area contributed by atoms with Gasteiger partial charge in [-0.1, -0.05) is 28.9 Å². The van der Waals surface area contributed by atoms with Crippen LogP contribution in [0.4, 0.5) is 4.39 Å². The van der Waals surface area contributed by atoms with Crippen LogP contribution in [0.5, 0.6) is 0 Å². The molecule has 1 aliphatic rings. The molecule has 0 aromatic heterocycles. The Kier molecular flexibility index (Phi) is 1.80. The minimum atomic E-state index is -0.663. The lowest BCUT2D eigenvalue weighted by atomic mass is 10.3. The normalized spacial score (nSPS) is 16.6. The first-order chi connectivity index (χ1) is 4.22. The number of hydrogen-bond donors (Lipinski definition) is 0. The maximum absolute atomic E-state index is 12.3. The Hall–Kier alpha value is -0.450. The molecule has 46 valence electrons. The molecule has 0 spiro atoms. The summed E-state index contributed by atoms with van der Waals surface area (Å²) in [7, 11) is 0. The molecular formula is C6HCl2F. The first-order valence-electron chi connectivity index (χ1n) is 2.14. The van der Waals surface area contributed by atoms with Gasteiger partial charge >= 0.3 is 0 Å². The van der Waals surface area contributed by atoms with Crippen LogP contribution in [0.15, 0.2) is 33.4 Å². The van der Waals surface area contributed by atoms with Gasteiger partial charge < -0.3 is 0 Å². The van der Waals surface area contributed by atoms with Crippen LogP contribution in [0.3, 0.4) is 0 Å². The molecule has 0 saturated carbocycles. The maximum atomic E-state index is 12.3. The summed E-state index contributed by atoms with van der Waals surface area (Å²) in [6.45, 7) is 0. The van der Waals surface area contributed by atoms with Crippen LogP contribution in [0.2, 0.25) is 0 Å². The van der Waals surface area contributed by atoms with Crippen molar-refractivity contribution in [1.29, 1.82) is 0 Å². The van der Waals surface area contributed by atoms with E-state index in [0.717, 1.165) is 0 Å². The topological polar surface area (TPSA) is 0 Å². The average molecular weight is 163 g/mol. The second-order valence-corrected chi connectivity index (χ2v) is 2.17. The largest absolute Gasteiger partial charge is 0.195 e. The van der Waals surface area contributed by atoms with Crippen molar-refractivity contribution >= 4 is 23.2 Å². The van der Waals surface area contributed by atoms with Crippen LogP contribution in [-0.4, -0.2) is 0 Å². The molecule has 9 heavy (non-hydrogen) atoms. The van der Waals surface area contributed by atoms with Gasteiger partial charge in [0.2, 0.25) is 0 Å². The van der Waals surface area contributed by atoms with Gasteiger partial charge in [0.15, 0.2) is 5.83 Å². The fourth-order valence-electron chi connectivity index (χ4n) is 0.386. The van der Waals surface area contributed by atoms with E-state index >= 15 is 0 Å². The lowest BCUT2D eigenvalue weighted by Gasteiger charge is -1.93. The van der Waals surface area contributed by atoms with Crippen LogP contribution in [0.1, 0.15) is 0 Å². The molecule has 0 aromatic carbocycles. The maximum Gasteiger partial charge on any atom is 0.193 e. The molecule has 0 N–H and O–H groups in total. The molecule has 1 rings (SSSR count). The first kappa shape index (κ1) is 6.67. The SMILES string of the molecule is FC1=C=C=CC(Cl)=C1Cl. The van der Waals surface area contributed by atoms with Gasteiger partial charge in [0, 0.05) is 6.08 Å². The lowest BCUT2D eigenvalue weighted by molar-refractivity contribution is 0.663. The Morgan fingerprint density at radius 2 is 2.11 bits per heavy atom. The van der Waals surface area contributed by atoms with Gasteiger partial charge in [0.1, 0.15) is 5.03 Å². The summed E-state index contributed by atoms with van der Waals surface area (Å²) in [6, 6.07) is 0. The monoisotopic (exact) mass is 162 g/mol. The van der Waals surface area contributed by atoms with E-state index in [1.807, 2.05) is 0 Å². The van der Waals surface area contributed by atoms with Crippen LogP contribution < -0.4 is 0 Å². The second-order valence-electron chi connectivity index (χ2n) is 1.39. The Morgan fingerprint density at radius 1 is 1.44 bits per heavy atom. The number of hydrogen-bond acceptors (Lipinski definition) is 0. The Morgan fingerprint density at radius 3 is 2.56 bits per heavy atom. The fraction of sp³-hybridized carbons (Fsp3) is 0. The summed E-state index contributed by atoms with van der Waals surface area (Å²) < 4.78 is 12.3. The van der Waals surface area contributed by atoms with Gasteiger partial charge in [-0.15, -0.1) is 0 Å². The molecule has 0 heterocycles. The van der Waals surface area contributed by atoms with Crippen molar-refractivity contribution in [2.75, 3.05) is 0 Å². The van der Waals surface area contributed by atoms with Gasteiger partial charge in [-0.05, 0) is 5.73 Å². The highest BCUT2D eigenvalue weighted by Gasteiger charge is 2.06. The Bertz CT molecular complexity index is 263. The molecule has 0 radical (unpaired) electrons. The fourth-order valence-corrected chi connectivity index (χ4v) is 0.625. The number of allylic oxidation sites excluding steroid dienone is 4. The molecule has 0 bridgehead atoms. The second kappa shape index (κ2) is 2.43. The van der Waals surface area contributed by atoms with Crippen LogP contribution in [0, 0.1) is 0 Å². The molecule has 1 aliphatic carbocycles. The molecule has 0 aliphatic heterocycles. The van der Waals surface area contributed by atoms with Gasteiger partial charge in [-0.25, -0.2) is 0 Å². The van der Waals surface area contributed by atoms with E-state index in [1.54, 1.807) is 0 Å². The summed E-state index contributed by atoms with van der Waals surface area (Å²) in [5.74, 6) is -0.663. The van der Waals surface area contributed by atoms with Gasteiger partial charge in [0.05, 0.1) is 5.03 Å². The zero-order valence-corrected chi connectivity index (χ0v) is 5.72. The van der Waals surface area contributed by atoms with Gasteiger partial charge in [-0.2, -0.15) is 4.39 Å². The highest BCUT2D eigenvalue weighted by Crippen LogP contribution is 2.24. The van der Waals surface area contributed by atoms with E-state index in [4.69, 9.17) is 23.2 Å². The average Bonchev–Trinajstić information content (AvgIpc) is 1.83. The lowest BCUT2D eigenvalue weighted by Crippen LogP contribution is -1.77.